The van der Waals surface area contributed by atoms with E-state index in [4.69, 9.17) is 16.6 Å². The highest BCUT2D eigenvalue weighted by Crippen LogP contribution is 2.37. The Kier molecular flexibility index (Phi) is 4.60. The number of hydrogen-bond acceptors (Lipinski definition) is 8. The molecule has 3 heterocycles. The molecule has 0 aliphatic carbocycles. The average Bonchev–Trinajstić information content (AvgIpc) is 3.00. The van der Waals surface area contributed by atoms with Gasteiger partial charge in [0.15, 0.2) is 0 Å². The van der Waals surface area contributed by atoms with Crippen molar-refractivity contribution in [3.63, 3.8) is 0 Å². The van der Waals surface area contributed by atoms with Crippen molar-refractivity contribution in [1.29, 1.82) is 0 Å². The van der Waals surface area contributed by atoms with Crippen LogP contribution in [0.1, 0.15) is 22.0 Å². The van der Waals surface area contributed by atoms with Crippen molar-refractivity contribution >= 4 is 27.4 Å². The number of aromatic nitrogens is 2. The van der Waals surface area contributed by atoms with Gasteiger partial charge in [0.25, 0.3) is 0 Å². The Bertz CT molecular complexity index is 868. The number of thiophene rings is 1. The molecule has 0 fully saturated rings. The summed E-state index contributed by atoms with van der Waals surface area (Å²) in [6.45, 7) is 1.93. The molecule has 0 spiro atoms. The van der Waals surface area contributed by atoms with E-state index in [2.05, 4.69) is 15.3 Å². The van der Waals surface area contributed by atoms with Crippen LogP contribution in [0.15, 0.2) is 36.7 Å². The summed E-state index contributed by atoms with van der Waals surface area (Å²) in [4.78, 5) is 16.1. The maximum absolute atomic E-state index is 5.96. The topological polar surface area (TPSA) is 102 Å². The smallest absolute Gasteiger partial charge is 0.139 e. The average molecular weight is 356 g/mol. The Balaban J connectivity index is 1.73. The van der Waals surface area contributed by atoms with Crippen molar-refractivity contribution in [3.05, 3.63) is 52.7 Å². The fourth-order valence-corrected chi connectivity index (χ4v) is 4.44. The number of anilines is 1. The molecule has 1 atom stereocenters. The number of hydrogen-bond donors (Lipinski definition) is 3. The predicted molar refractivity (Wildman–Crippen MR) is 98.7 cm³/mol. The lowest BCUT2D eigenvalue weighted by atomic mass is 10.0. The molecular weight excluding hydrogens is 336 g/mol. The van der Waals surface area contributed by atoms with E-state index < -0.39 is 0 Å². The van der Waals surface area contributed by atoms with Gasteiger partial charge < -0.3 is 10.2 Å². The van der Waals surface area contributed by atoms with Gasteiger partial charge in [-0.3, -0.25) is 5.84 Å². The van der Waals surface area contributed by atoms with Crippen LogP contribution in [0.25, 0.3) is 10.2 Å². The minimum Gasteiger partial charge on any atom is -0.360 e. The molecule has 0 amide bonds. The maximum atomic E-state index is 5.96. The van der Waals surface area contributed by atoms with E-state index in [1.54, 1.807) is 17.7 Å². The van der Waals surface area contributed by atoms with Gasteiger partial charge in [-0.25, -0.2) is 20.9 Å². The second-order valence-electron chi connectivity index (χ2n) is 6.07. The molecular formula is C17H20N6OS. The molecule has 0 bridgehead atoms. The highest BCUT2D eigenvalue weighted by atomic mass is 32.1. The fraction of sp³-hybridized carbons (Fsp3) is 0.294. The van der Waals surface area contributed by atoms with Crippen molar-refractivity contribution in [1.82, 2.24) is 15.0 Å². The monoisotopic (exact) mass is 356 g/mol. The summed E-state index contributed by atoms with van der Waals surface area (Å²) in [6.07, 6.45) is 2.50. The van der Waals surface area contributed by atoms with Gasteiger partial charge in [0.05, 0.1) is 18.0 Å². The first-order valence-electron chi connectivity index (χ1n) is 8.14. The van der Waals surface area contributed by atoms with Crippen LogP contribution in [-0.2, 0) is 17.8 Å². The third kappa shape index (κ3) is 3.22. The first-order valence-corrected chi connectivity index (χ1v) is 8.96. The molecule has 5 N–H and O–H groups in total. The Morgan fingerprint density at radius 3 is 2.92 bits per heavy atom. The molecule has 0 radical (unpaired) electrons. The van der Waals surface area contributed by atoms with Crippen LogP contribution in [0.3, 0.4) is 0 Å². The van der Waals surface area contributed by atoms with E-state index in [1.807, 2.05) is 35.3 Å². The molecule has 130 valence electrons. The van der Waals surface area contributed by atoms with Gasteiger partial charge >= 0.3 is 0 Å². The summed E-state index contributed by atoms with van der Waals surface area (Å²) in [5.41, 5.74) is 2.39. The summed E-state index contributed by atoms with van der Waals surface area (Å²) in [5, 5.41) is 6.42. The van der Waals surface area contributed by atoms with Crippen molar-refractivity contribution in [2.75, 3.05) is 18.5 Å². The second-order valence-corrected chi connectivity index (χ2v) is 7.15. The molecule has 4 rings (SSSR count). The third-order valence-electron chi connectivity index (χ3n) is 4.44. The lowest BCUT2D eigenvalue weighted by Gasteiger charge is -2.22. The van der Waals surface area contributed by atoms with Gasteiger partial charge in [0.1, 0.15) is 17.0 Å². The summed E-state index contributed by atoms with van der Waals surface area (Å²) < 4.78 is 0. The third-order valence-corrected chi connectivity index (χ3v) is 5.57. The highest BCUT2D eigenvalue weighted by molar-refractivity contribution is 7.18. The normalized spacial score (nSPS) is 15.9. The van der Waals surface area contributed by atoms with Gasteiger partial charge in [-0.15, -0.1) is 11.3 Å². The second kappa shape index (κ2) is 7.03. The summed E-state index contributed by atoms with van der Waals surface area (Å²) in [5.74, 6) is 12.1. The molecule has 1 aliphatic rings. The predicted octanol–water partition coefficient (Wildman–Crippen LogP) is 1.97. The fourth-order valence-electron chi connectivity index (χ4n) is 3.22. The maximum Gasteiger partial charge on any atom is 0.139 e. The minimum absolute atomic E-state index is 0.0885. The molecule has 2 aromatic heterocycles. The molecule has 0 saturated carbocycles. The Morgan fingerprint density at radius 2 is 2.12 bits per heavy atom. The molecule has 1 aliphatic heterocycles. The van der Waals surface area contributed by atoms with Crippen LogP contribution in [-0.4, -0.2) is 28.1 Å². The molecule has 25 heavy (non-hydrogen) atoms. The zero-order valence-corrected chi connectivity index (χ0v) is 14.5. The van der Waals surface area contributed by atoms with E-state index >= 15 is 0 Å². The van der Waals surface area contributed by atoms with E-state index in [1.165, 1.54) is 10.4 Å². The molecule has 0 unspecified atom stereocenters. The van der Waals surface area contributed by atoms with E-state index in [0.717, 1.165) is 41.1 Å². The highest BCUT2D eigenvalue weighted by Gasteiger charge is 2.23. The number of nitrogens with zero attached hydrogens (tertiary/aromatic N) is 3. The number of nitrogens with one attached hydrogen (secondary N) is 1. The summed E-state index contributed by atoms with van der Waals surface area (Å²) >= 11 is 1.69. The molecule has 3 aromatic rings. The van der Waals surface area contributed by atoms with Crippen LogP contribution < -0.4 is 17.1 Å². The van der Waals surface area contributed by atoms with Crippen molar-refractivity contribution in [2.45, 2.75) is 19.0 Å². The zero-order chi connectivity index (χ0) is 17.2. The summed E-state index contributed by atoms with van der Waals surface area (Å²) in [6, 6.07) is 9.99. The standard InChI is InChI=1S/C17H20N6OS/c18-23-7-6-12-14(8-23)25-17-15(12)16(20-10-21-17)22-13(9-24-19)11-4-2-1-3-5-11/h1-5,10,13H,6-9,18-19H2,(H,20,21,22)/t13-/m1/s1. The lowest BCUT2D eigenvalue weighted by Crippen LogP contribution is -2.35. The van der Waals surface area contributed by atoms with Crippen LogP contribution in [0.2, 0.25) is 0 Å². The lowest BCUT2D eigenvalue weighted by molar-refractivity contribution is 0.128. The Morgan fingerprint density at radius 1 is 1.28 bits per heavy atom. The molecule has 7 nitrogen and oxygen atoms in total. The number of benzene rings is 1. The van der Waals surface area contributed by atoms with E-state index in [9.17, 15) is 0 Å². The first-order chi connectivity index (χ1) is 12.3. The van der Waals surface area contributed by atoms with Crippen LogP contribution in [0.5, 0.6) is 0 Å². The van der Waals surface area contributed by atoms with E-state index in [-0.39, 0.29) is 6.04 Å². The number of fused-ring (bicyclic) bond motifs is 3. The van der Waals surface area contributed by atoms with Crippen LogP contribution in [0, 0.1) is 0 Å². The molecule has 0 saturated heterocycles. The van der Waals surface area contributed by atoms with Crippen molar-refractivity contribution in [3.8, 4) is 0 Å². The van der Waals surface area contributed by atoms with Crippen molar-refractivity contribution in [2.24, 2.45) is 11.7 Å². The molecule has 8 heteroatoms. The van der Waals surface area contributed by atoms with Crippen molar-refractivity contribution < 1.29 is 4.84 Å². The summed E-state index contributed by atoms with van der Waals surface area (Å²) in [7, 11) is 0. The first kappa shape index (κ1) is 16.4. The Labute approximate surface area is 149 Å². The van der Waals surface area contributed by atoms with Gasteiger partial charge in [0, 0.05) is 18.0 Å². The number of rotatable bonds is 5. The largest absolute Gasteiger partial charge is 0.360 e. The minimum atomic E-state index is -0.0885. The zero-order valence-electron chi connectivity index (χ0n) is 13.7. The van der Waals surface area contributed by atoms with E-state index in [0.29, 0.717) is 6.61 Å². The SMILES string of the molecule is NOC[C@@H](Nc1ncnc2sc3c(c12)CCN(N)C3)c1ccccc1. The Hall–Kier alpha value is -2.10. The number of nitrogens with two attached hydrogens (primary N) is 2. The van der Waals surface area contributed by atoms with Crippen LogP contribution in [0.4, 0.5) is 5.82 Å². The molecule has 1 aromatic carbocycles. The number of hydrazine groups is 1. The van der Waals surface area contributed by atoms with Gasteiger partial charge in [-0.1, -0.05) is 30.3 Å². The van der Waals surface area contributed by atoms with Gasteiger partial charge in [-0.05, 0) is 17.5 Å². The van der Waals surface area contributed by atoms with Crippen LogP contribution >= 0.6 is 11.3 Å². The van der Waals surface area contributed by atoms with Gasteiger partial charge in [0.2, 0.25) is 0 Å². The quantitative estimate of drug-likeness (QED) is 0.474. The van der Waals surface area contributed by atoms with Gasteiger partial charge in [-0.2, -0.15) is 0 Å².